The number of anilines is 2. The summed E-state index contributed by atoms with van der Waals surface area (Å²) in [7, 11) is 0. The Labute approximate surface area is 186 Å². The van der Waals surface area contributed by atoms with E-state index in [9.17, 15) is 14.0 Å². The number of rotatable bonds is 6. The van der Waals surface area contributed by atoms with Crippen molar-refractivity contribution in [2.45, 2.75) is 18.9 Å². The van der Waals surface area contributed by atoms with E-state index in [0.717, 1.165) is 5.56 Å². The number of carbonyl (C=O) groups is 2. The van der Waals surface area contributed by atoms with Gasteiger partial charge in [0.2, 0.25) is 11.8 Å². The topological polar surface area (TPSA) is 74.3 Å². The Bertz CT molecular complexity index is 1040. The highest BCUT2D eigenvalue weighted by Gasteiger charge is 2.33. The van der Waals surface area contributed by atoms with Crippen LogP contribution >= 0.6 is 0 Å². The molecule has 32 heavy (non-hydrogen) atoms. The highest BCUT2D eigenvalue weighted by atomic mass is 19.1. The van der Waals surface area contributed by atoms with Gasteiger partial charge in [-0.3, -0.25) is 14.5 Å². The van der Waals surface area contributed by atoms with Crippen LogP contribution in [0.3, 0.4) is 0 Å². The van der Waals surface area contributed by atoms with Gasteiger partial charge in [0.05, 0.1) is 0 Å². The van der Waals surface area contributed by atoms with E-state index >= 15 is 0 Å². The van der Waals surface area contributed by atoms with Crippen LogP contribution in [0.2, 0.25) is 0 Å². The van der Waals surface area contributed by atoms with E-state index in [1.54, 1.807) is 30.5 Å². The molecule has 1 aromatic heterocycles. The Morgan fingerprint density at radius 1 is 0.906 bits per heavy atom. The van der Waals surface area contributed by atoms with Gasteiger partial charge in [-0.2, -0.15) is 0 Å². The predicted molar refractivity (Wildman–Crippen MR) is 121 cm³/mol. The molecule has 2 aromatic carbocycles. The number of pyridine rings is 1. The van der Waals surface area contributed by atoms with Crippen LogP contribution in [0.1, 0.15) is 24.4 Å². The first-order chi connectivity index (χ1) is 15.6. The first-order valence-electron chi connectivity index (χ1n) is 10.7. The summed E-state index contributed by atoms with van der Waals surface area (Å²) in [4.78, 5) is 32.1. The van der Waals surface area contributed by atoms with E-state index < -0.39 is 6.04 Å². The summed E-state index contributed by atoms with van der Waals surface area (Å²) in [5, 5.41) is 5.77. The molecule has 2 N–H and O–H groups in total. The number of hydrogen-bond donors (Lipinski definition) is 2. The Morgan fingerprint density at radius 3 is 2.25 bits per heavy atom. The van der Waals surface area contributed by atoms with E-state index in [4.69, 9.17) is 0 Å². The molecule has 0 spiro atoms. The standard InChI is InChI=1S/C25H25FN4O2/c26-20-9-11-21(12-10-20)28-25(32)23(18-6-2-1-3-7-18)30-16-13-19(14-17-30)24(31)29-22-8-4-5-15-27-22/h1-12,15,19,23H,13-14,16-17H2,(H,28,32)(H,27,29,31). The molecule has 1 unspecified atom stereocenters. The lowest BCUT2D eigenvalue weighted by molar-refractivity contribution is -0.124. The average molecular weight is 432 g/mol. The van der Waals surface area contributed by atoms with Crippen LogP contribution in [0.4, 0.5) is 15.9 Å². The molecule has 1 aliphatic heterocycles. The third kappa shape index (κ3) is 5.36. The summed E-state index contributed by atoms with van der Waals surface area (Å²) in [6.07, 6.45) is 2.93. The lowest BCUT2D eigenvalue weighted by Crippen LogP contribution is -2.44. The summed E-state index contributed by atoms with van der Waals surface area (Å²) in [5.74, 6) is -0.172. The van der Waals surface area contributed by atoms with Gasteiger partial charge in [-0.1, -0.05) is 36.4 Å². The molecular formula is C25H25FN4O2. The van der Waals surface area contributed by atoms with Gasteiger partial charge >= 0.3 is 0 Å². The molecule has 0 aliphatic carbocycles. The van der Waals surface area contributed by atoms with Crippen LogP contribution in [-0.4, -0.2) is 34.8 Å². The third-order valence-electron chi connectivity index (χ3n) is 5.66. The number of aromatic nitrogens is 1. The normalized spacial score (nSPS) is 15.7. The van der Waals surface area contributed by atoms with Gasteiger partial charge in [-0.05, 0) is 67.9 Å². The smallest absolute Gasteiger partial charge is 0.246 e. The molecule has 2 amide bonds. The second-order valence-electron chi connectivity index (χ2n) is 7.82. The van der Waals surface area contributed by atoms with Gasteiger partial charge in [0.25, 0.3) is 0 Å². The second-order valence-corrected chi connectivity index (χ2v) is 7.82. The summed E-state index contributed by atoms with van der Waals surface area (Å²) < 4.78 is 13.2. The van der Waals surface area contributed by atoms with E-state index in [1.807, 2.05) is 36.4 Å². The van der Waals surface area contributed by atoms with Gasteiger partial charge in [0, 0.05) is 17.8 Å². The Hall–Kier alpha value is -3.58. The summed E-state index contributed by atoms with van der Waals surface area (Å²) in [5.41, 5.74) is 1.42. The minimum atomic E-state index is -0.499. The first kappa shape index (κ1) is 21.6. The van der Waals surface area contributed by atoms with Gasteiger partial charge in [0.1, 0.15) is 17.7 Å². The SMILES string of the molecule is O=C(Nc1ccccn1)C1CCN(C(C(=O)Nc2ccc(F)cc2)c2ccccc2)CC1. The van der Waals surface area contributed by atoms with Crippen molar-refractivity contribution in [3.05, 3.63) is 90.4 Å². The molecule has 1 atom stereocenters. The molecule has 4 rings (SSSR count). The Balaban J connectivity index is 1.44. The molecule has 2 heterocycles. The summed E-state index contributed by atoms with van der Waals surface area (Å²) >= 11 is 0. The first-order valence-corrected chi connectivity index (χ1v) is 10.7. The predicted octanol–water partition coefficient (Wildman–Crippen LogP) is 4.25. The van der Waals surface area contributed by atoms with Crippen molar-refractivity contribution in [2.75, 3.05) is 23.7 Å². The highest BCUT2D eigenvalue weighted by molar-refractivity contribution is 5.95. The number of hydrogen-bond acceptors (Lipinski definition) is 4. The lowest BCUT2D eigenvalue weighted by Gasteiger charge is -2.36. The van der Waals surface area contributed by atoms with Gasteiger partial charge in [-0.15, -0.1) is 0 Å². The van der Waals surface area contributed by atoms with Crippen molar-refractivity contribution in [1.82, 2.24) is 9.88 Å². The molecule has 0 radical (unpaired) electrons. The quantitative estimate of drug-likeness (QED) is 0.611. The van der Waals surface area contributed by atoms with Crippen molar-refractivity contribution in [3.8, 4) is 0 Å². The number of piperidine rings is 1. The minimum absolute atomic E-state index is 0.0459. The number of benzene rings is 2. The number of carbonyl (C=O) groups excluding carboxylic acids is 2. The van der Waals surface area contributed by atoms with Crippen molar-refractivity contribution in [1.29, 1.82) is 0 Å². The fourth-order valence-corrected chi connectivity index (χ4v) is 3.99. The lowest BCUT2D eigenvalue weighted by atomic mass is 9.93. The van der Waals surface area contributed by atoms with Crippen molar-refractivity contribution in [2.24, 2.45) is 5.92 Å². The minimum Gasteiger partial charge on any atom is -0.324 e. The fraction of sp³-hybridized carbons (Fsp3) is 0.240. The molecular weight excluding hydrogens is 407 g/mol. The maximum absolute atomic E-state index is 13.2. The summed E-state index contributed by atoms with van der Waals surface area (Å²) in [6.45, 7) is 1.22. The zero-order valence-electron chi connectivity index (χ0n) is 17.6. The average Bonchev–Trinajstić information content (AvgIpc) is 2.82. The molecule has 7 heteroatoms. The molecule has 6 nitrogen and oxygen atoms in total. The molecule has 1 aliphatic rings. The number of likely N-dealkylation sites (tertiary alicyclic amines) is 1. The Kier molecular flexibility index (Phi) is 6.87. The molecule has 1 saturated heterocycles. The second kappa shape index (κ2) is 10.2. The van der Waals surface area contributed by atoms with Crippen LogP contribution < -0.4 is 10.6 Å². The van der Waals surface area contributed by atoms with Crippen LogP contribution in [0.15, 0.2) is 79.0 Å². The van der Waals surface area contributed by atoms with Gasteiger partial charge in [0.15, 0.2) is 0 Å². The number of halogens is 1. The number of nitrogens with zero attached hydrogens (tertiary/aromatic N) is 2. The molecule has 0 bridgehead atoms. The zero-order valence-corrected chi connectivity index (χ0v) is 17.6. The highest BCUT2D eigenvalue weighted by Crippen LogP contribution is 2.29. The number of nitrogens with one attached hydrogen (secondary N) is 2. The monoisotopic (exact) mass is 432 g/mol. The van der Waals surface area contributed by atoms with Crippen molar-refractivity contribution >= 4 is 23.3 Å². The van der Waals surface area contributed by atoms with Crippen LogP contribution in [0.25, 0.3) is 0 Å². The maximum atomic E-state index is 13.2. The van der Waals surface area contributed by atoms with E-state index in [1.165, 1.54) is 12.1 Å². The molecule has 3 aromatic rings. The molecule has 164 valence electrons. The molecule has 0 saturated carbocycles. The third-order valence-corrected chi connectivity index (χ3v) is 5.66. The van der Waals surface area contributed by atoms with Crippen LogP contribution in [0, 0.1) is 11.7 Å². The van der Waals surface area contributed by atoms with Gasteiger partial charge < -0.3 is 10.6 Å². The van der Waals surface area contributed by atoms with E-state index in [0.29, 0.717) is 37.4 Å². The van der Waals surface area contributed by atoms with Crippen molar-refractivity contribution in [3.63, 3.8) is 0 Å². The summed E-state index contributed by atoms with van der Waals surface area (Å²) in [6, 6.07) is 20.2. The van der Waals surface area contributed by atoms with E-state index in [2.05, 4.69) is 20.5 Å². The van der Waals surface area contributed by atoms with E-state index in [-0.39, 0.29) is 23.5 Å². The maximum Gasteiger partial charge on any atom is 0.246 e. The zero-order chi connectivity index (χ0) is 22.3. The molecule has 1 fully saturated rings. The van der Waals surface area contributed by atoms with Gasteiger partial charge in [-0.25, -0.2) is 9.37 Å². The van der Waals surface area contributed by atoms with Crippen LogP contribution in [-0.2, 0) is 9.59 Å². The van der Waals surface area contributed by atoms with Crippen LogP contribution in [0.5, 0.6) is 0 Å². The largest absolute Gasteiger partial charge is 0.324 e. The fourth-order valence-electron chi connectivity index (χ4n) is 3.99. The number of amides is 2. The Morgan fingerprint density at radius 2 is 1.59 bits per heavy atom. The van der Waals surface area contributed by atoms with Crippen molar-refractivity contribution < 1.29 is 14.0 Å².